The predicted octanol–water partition coefficient (Wildman–Crippen LogP) is 2.88. The molecule has 0 saturated heterocycles. The maximum absolute atomic E-state index is 12.7. The number of pyridine rings is 1. The number of hydrogen-bond donors (Lipinski definition) is 1. The minimum absolute atomic E-state index is 0.346. The van der Waals surface area contributed by atoms with Crippen LogP contribution in [0, 0.1) is 0 Å². The van der Waals surface area contributed by atoms with Gasteiger partial charge in [0.2, 0.25) is 0 Å². The summed E-state index contributed by atoms with van der Waals surface area (Å²) in [5, 5.41) is -1.53. The molecule has 0 aliphatic carbocycles. The van der Waals surface area contributed by atoms with Gasteiger partial charge in [0.1, 0.15) is 0 Å². The van der Waals surface area contributed by atoms with Crippen molar-refractivity contribution < 1.29 is 26.7 Å². The minimum atomic E-state index is -5.15. The van der Waals surface area contributed by atoms with Crippen LogP contribution < -0.4 is 5.73 Å². The van der Waals surface area contributed by atoms with Crippen LogP contribution in [-0.2, 0) is 12.7 Å². The van der Waals surface area contributed by atoms with Crippen LogP contribution in [0.3, 0.4) is 0 Å². The first kappa shape index (κ1) is 14.8. The zero-order valence-electron chi connectivity index (χ0n) is 8.56. The lowest BCUT2D eigenvalue weighted by Gasteiger charge is -2.16. The zero-order valence-corrected chi connectivity index (χ0v) is 9.32. The highest BCUT2D eigenvalue weighted by atomic mass is 35.5. The summed E-state index contributed by atoms with van der Waals surface area (Å²) in [6, 6.07) is 0. The van der Waals surface area contributed by atoms with E-state index in [1.54, 1.807) is 0 Å². The SMILES string of the molecule is NCc1ncc(C(F)F)c(C(F)(F)F)c1C(=O)Cl. The lowest BCUT2D eigenvalue weighted by atomic mass is 10.0. The van der Waals surface area contributed by atoms with E-state index in [0.717, 1.165) is 0 Å². The summed E-state index contributed by atoms with van der Waals surface area (Å²) in [5.74, 6) is 0. The second kappa shape index (κ2) is 5.15. The smallest absolute Gasteiger partial charge is 0.325 e. The summed E-state index contributed by atoms with van der Waals surface area (Å²) < 4.78 is 63.2. The van der Waals surface area contributed by atoms with Gasteiger partial charge in [-0.15, -0.1) is 0 Å². The zero-order chi connectivity index (χ0) is 14.1. The molecule has 9 heteroatoms. The van der Waals surface area contributed by atoms with E-state index in [4.69, 9.17) is 17.3 Å². The molecule has 1 heterocycles. The summed E-state index contributed by atoms with van der Waals surface area (Å²) in [4.78, 5) is 14.3. The van der Waals surface area contributed by atoms with Gasteiger partial charge in [-0.05, 0) is 11.6 Å². The molecule has 0 bridgehead atoms. The van der Waals surface area contributed by atoms with Gasteiger partial charge >= 0.3 is 6.18 Å². The van der Waals surface area contributed by atoms with Crippen LogP contribution in [0.5, 0.6) is 0 Å². The number of carbonyl (C=O) groups is 1. The average Bonchev–Trinajstić information content (AvgIpc) is 2.25. The van der Waals surface area contributed by atoms with E-state index in [0.29, 0.717) is 6.20 Å². The van der Waals surface area contributed by atoms with E-state index >= 15 is 0 Å². The van der Waals surface area contributed by atoms with Gasteiger partial charge in [0, 0.05) is 18.3 Å². The normalized spacial score (nSPS) is 12.0. The van der Waals surface area contributed by atoms with Crippen LogP contribution in [-0.4, -0.2) is 10.2 Å². The van der Waals surface area contributed by atoms with Crippen molar-refractivity contribution in [3.05, 3.63) is 28.6 Å². The Kier molecular flexibility index (Phi) is 4.23. The molecule has 0 amide bonds. The molecule has 0 radical (unpaired) electrons. The quantitative estimate of drug-likeness (QED) is 0.687. The summed E-state index contributed by atoms with van der Waals surface area (Å²) in [6.07, 6.45) is -8.24. The third-order valence-electron chi connectivity index (χ3n) is 2.10. The van der Waals surface area contributed by atoms with Gasteiger partial charge in [0.15, 0.2) is 0 Å². The average molecular weight is 289 g/mol. The molecule has 0 unspecified atom stereocenters. The Labute approximate surface area is 103 Å². The molecular weight excluding hydrogens is 283 g/mol. The maximum atomic E-state index is 12.7. The van der Waals surface area contributed by atoms with Crippen LogP contribution in [0.2, 0.25) is 0 Å². The second-order valence-electron chi connectivity index (χ2n) is 3.19. The van der Waals surface area contributed by atoms with Crippen molar-refractivity contribution >= 4 is 16.8 Å². The molecule has 0 aliphatic heterocycles. The van der Waals surface area contributed by atoms with Crippen molar-refractivity contribution in [3.63, 3.8) is 0 Å². The molecule has 0 fully saturated rings. The number of nitrogens with zero attached hydrogens (tertiary/aromatic N) is 1. The second-order valence-corrected chi connectivity index (χ2v) is 3.53. The summed E-state index contributed by atoms with van der Waals surface area (Å²) >= 11 is 5.00. The monoisotopic (exact) mass is 288 g/mol. The molecule has 1 rings (SSSR count). The van der Waals surface area contributed by atoms with E-state index in [2.05, 4.69) is 4.98 Å². The van der Waals surface area contributed by atoms with Crippen LogP contribution in [0.25, 0.3) is 0 Å². The molecule has 1 aromatic rings. The molecule has 18 heavy (non-hydrogen) atoms. The molecule has 3 nitrogen and oxygen atoms in total. The third kappa shape index (κ3) is 2.75. The van der Waals surface area contributed by atoms with E-state index < -0.39 is 46.8 Å². The number of halogens is 6. The highest BCUT2D eigenvalue weighted by molar-refractivity contribution is 6.68. The van der Waals surface area contributed by atoms with Crippen LogP contribution in [0.1, 0.15) is 33.6 Å². The maximum Gasteiger partial charge on any atom is 0.417 e. The molecule has 0 saturated carbocycles. The molecule has 2 N–H and O–H groups in total. The molecule has 0 aromatic carbocycles. The molecule has 0 atom stereocenters. The fourth-order valence-electron chi connectivity index (χ4n) is 1.40. The Morgan fingerprint density at radius 3 is 2.33 bits per heavy atom. The van der Waals surface area contributed by atoms with E-state index in [9.17, 15) is 26.7 Å². The summed E-state index contributed by atoms with van der Waals surface area (Å²) in [6.45, 7) is -0.527. The van der Waals surface area contributed by atoms with E-state index in [-0.39, 0.29) is 0 Å². The number of aromatic nitrogens is 1. The third-order valence-corrected chi connectivity index (χ3v) is 2.28. The van der Waals surface area contributed by atoms with Crippen molar-refractivity contribution in [2.45, 2.75) is 19.1 Å². The highest BCUT2D eigenvalue weighted by Crippen LogP contribution is 2.39. The van der Waals surface area contributed by atoms with Crippen molar-refractivity contribution in [1.82, 2.24) is 4.98 Å². The van der Waals surface area contributed by atoms with Crippen molar-refractivity contribution in [2.24, 2.45) is 5.73 Å². The van der Waals surface area contributed by atoms with E-state index in [1.807, 2.05) is 0 Å². The van der Waals surface area contributed by atoms with Crippen LogP contribution >= 0.6 is 11.6 Å². The lowest BCUT2D eigenvalue weighted by molar-refractivity contribution is -0.139. The van der Waals surface area contributed by atoms with Gasteiger partial charge in [-0.3, -0.25) is 9.78 Å². The number of hydrogen-bond acceptors (Lipinski definition) is 3. The van der Waals surface area contributed by atoms with Crippen LogP contribution in [0.4, 0.5) is 22.0 Å². The number of rotatable bonds is 3. The first-order valence-electron chi connectivity index (χ1n) is 4.47. The lowest BCUT2D eigenvalue weighted by Crippen LogP contribution is -2.19. The van der Waals surface area contributed by atoms with Gasteiger partial charge in [-0.2, -0.15) is 13.2 Å². The topological polar surface area (TPSA) is 56.0 Å². The number of alkyl halides is 5. The summed E-state index contributed by atoms with van der Waals surface area (Å²) in [5.41, 5.74) is 0.314. The largest absolute Gasteiger partial charge is 0.417 e. The Morgan fingerprint density at radius 2 is 2.00 bits per heavy atom. The number of carbonyl (C=O) groups excluding carboxylic acids is 1. The standard InChI is InChI=1S/C9H6ClF5N2O/c10-7(18)5-4(1-16)17-2-3(8(11)12)6(5)9(13,14)15/h2,8H,1,16H2. The first-order valence-corrected chi connectivity index (χ1v) is 4.85. The predicted molar refractivity (Wildman–Crippen MR) is 52.3 cm³/mol. The van der Waals surface area contributed by atoms with Crippen LogP contribution in [0.15, 0.2) is 6.20 Å². The van der Waals surface area contributed by atoms with Gasteiger partial charge in [0.25, 0.3) is 11.7 Å². The Balaban J connectivity index is 3.71. The first-order chi connectivity index (χ1) is 8.20. The van der Waals surface area contributed by atoms with Crippen molar-refractivity contribution in [1.29, 1.82) is 0 Å². The highest BCUT2D eigenvalue weighted by Gasteiger charge is 2.41. The molecule has 100 valence electrons. The molecule has 0 spiro atoms. The fourth-order valence-corrected chi connectivity index (χ4v) is 1.61. The molecule has 1 aromatic heterocycles. The fraction of sp³-hybridized carbons (Fsp3) is 0.333. The molecular formula is C9H6ClF5N2O. The van der Waals surface area contributed by atoms with E-state index in [1.165, 1.54) is 0 Å². The van der Waals surface area contributed by atoms with Gasteiger partial charge < -0.3 is 5.73 Å². The Hall–Kier alpha value is -1.28. The van der Waals surface area contributed by atoms with Crippen molar-refractivity contribution in [3.8, 4) is 0 Å². The van der Waals surface area contributed by atoms with Crippen molar-refractivity contribution in [2.75, 3.05) is 0 Å². The Morgan fingerprint density at radius 1 is 1.44 bits per heavy atom. The Bertz CT molecular complexity index is 475. The molecule has 0 aliphatic rings. The summed E-state index contributed by atoms with van der Waals surface area (Å²) in [7, 11) is 0. The van der Waals surface area contributed by atoms with Gasteiger partial charge in [-0.1, -0.05) is 0 Å². The minimum Gasteiger partial charge on any atom is -0.325 e. The van der Waals surface area contributed by atoms with Gasteiger partial charge in [-0.25, -0.2) is 8.78 Å². The van der Waals surface area contributed by atoms with Gasteiger partial charge in [0.05, 0.1) is 16.8 Å². The number of nitrogens with two attached hydrogens (primary N) is 1.